The maximum atomic E-state index is 12.5. The van der Waals surface area contributed by atoms with Crippen molar-refractivity contribution in [3.05, 3.63) is 28.8 Å². The Morgan fingerprint density at radius 2 is 1.77 bits per heavy atom. The molecule has 0 spiro atoms. The topological polar surface area (TPSA) is 90.0 Å². The molecule has 3 rings (SSSR count). The quantitative estimate of drug-likeness (QED) is 0.457. The zero-order valence-corrected chi connectivity index (χ0v) is 12.0. The number of fused-ring (bicyclic) bond motifs is 1. The number of esters is 2. The third-order valence-corrected chi connectivity index (χ3v) is 3.85. The summed E-state index contributed by atoms with van der Waals surface area (Å²) in [6.45, 7) is 1.76. The van der Waals surface area contributed by atoms with Crippen LogP contribution in [0.15, 0.2) is 12.1 Å². The Labute approximate surface area is 125 Å². The van der Waals surface area contributed by atoms with E-state index >= 15 is 0 Å². The second kappa shape index (κ2) is 4.94. The summed E-state index contributed by atoms with van der Waals surface area (Å²) >= 11 is 0. The molecular weight excluding hydrogens is 290 g/mol. The van der Waals surface area contributed by atoms with E-state index in [9.17, 15) is 19.2 Å². The van der Waals surface area contributed by atoms with Gasteiger partial charge in [-0.2, -0.15) is 0 Å². The Morgan fingerprint density at radius 1 is 1.14 bits per heavy atom. The van der Waals surface area contributed by atoms with Crippen LogP contribution in [0, 0.1) is 6.92 Å². The van der Waals surface area contributed by atoms with Gasteiger partial charge in [0.15, 0.2) is 0 Å². The number of nitrogens with zero attached hydrogens (tertiary/aromatic N) is 1. The van der Waals surface area contributed by atoms with E-state index in [0.717, 1.165) is 4.90 Å². The average molecular weight is 303 g/mol. The number of ether oxygens (including phenoxy) is 2. The van der Waals surface area contributed by atoms with Crippen molar-refractivity contribution in [3.8, 4) is 5.75 Å². The molecule has 2 aliphatic heterocycles. The van der Waals surface area contributed by atoms with E-state index in [1.165, 1.54) is 13.2 Å². The number of carbonyl (C=O) groups is 4. The van der Waals surface area contributed by atoms with Crippen molar-refractivity contribution in [2.75, 3.05) is 7.11 Å². The fourth-order valence-electron chi connectivity index (χ4n) is 2.73. The summed E-state index contributed by atoms with van der Waals surface area (Å²) in [7, 11) is 1.47. The van der Waals surface area contributed by atoms with Gasteiger partial charge in [-0.1, -0.05) is 0 Å². The van der Waals surface area contributed by atoms with Crippen molar-refractivity contribution in [1.29, 1.82) is 0 Å². The van der Waals surface area contributed by atoms with Crippen molar-refractivity contribution >= 4 is 23.8 Å². The molecule has 22 heavy (non-hydrogen) atoms. The molecule has 1 aromatic carbocycles. The number of imide groups is 1. The van der Waals surface area contributed by atoms with Gasteiger partial charge in [0.25, 0.3) is 11.8 Å². The first kappa shape index (κ1) is 14.2. The number of benzene rings is 1. The van der Waals surface area contributed by atoms with Gasteiger partial charge in [-0.3, -0.25) is 19.3 Å². The average Bonchev–Trinajstić information content (AvgIpc) is 2.70. The maximum Gasteiger partial charge on any atom is 0.337 e. The molecule has 7 heteroatoms. The number of methoxy groups -OCH3 is 1. The highest BCUT2D eigenvalue weighted by atomic mass is 16.6. The monoisotopic (exact) mass is 303 g/mol. The number of hydrogen-bond acceptors (Lipinski definition) is 6. The Kier molecular flexibility index (Phi) is 3.20. The molecule has 0 aromatic heterocycles. The fraction of sp³-hybridized carbons (Fsp3) is 0.333. The number of carbonyl (C=O) groups excluding carboxylic acids is 4. The molecule has 0 N–H and O–H groups in total. The second-order valence-electron chi connectivity index (χ2n) is 5.20. The van der Waals surface area contributed by atoms with Crippen LogP contribution >= 0.6 is 0 Å². The SMILES string of the molecule is COc1cc2c(cc1C)C(=O)N(C1CCC(=O)OC1=O)C2=O. The molecule has 1 fully saturated rings. The molecule has 7 nitrogen and oxygen atoms in total. The summed E-state index contributed by atoms with van der Waals surface area (Å²) in [6, 6.07) is 1.99. The second-order valence-corrected chi connectivity index (χ2v) is 5.20. The molecule has 0 radical (unpaired) electrons. The lowest BCUT2D eigenvalue weighted by atomic mass is 10.1. The summed E-state index contributed by atoms with van der Waals surface area (Å²) in [5.74, 6) is -2.15. The molecule has 2 heterocycles. The van der Waals surface area contributed by atoms with Crippen LogP contribution in [0.1, 0.15) is 39.1 Å². The smallest absolute Gasteiger partial charge is 0.337 e. The zero-order chi connectivity index (χ0) is 16.0. The van der Waals surface area contributed by atoms with Gasteiger partial charge >= 0.3 is 11.9 Å². The van der Waals surface area contributed by atoms with Gasteiger partial charge < -0.3 is 9.47 Å². The largest absolute Gasteiger partial charge is 0.496 e. The lowest BCUT2D eigenvalue weighted by Crippen LogP contribution is -2.48. The minimum absolute atomic E-state index is 0.00778. The number of amides is 2. The summed E-state index contributed by atoms with van der Waals surface area (Å²) in [6.07, 6.45) is 0.0748. The normalized spacial score (nSPS) is 21.0. The predicted octanol–water partition coefficient (Wildman–Crippen LogP) is 0.832. The Morgan fingerprint density at radius 3 is 2.36 bits per heavy atom. The molecule has 0 saturated carbocycles. The van der Waals surface area contributed by atoms with E-state index in [1.807, 2.05) is 0 Å². The van der Waals surface area contributed by atoms with Gasteiger partial charge in [-0.25, -0.2) is 4.79 Å². The number of aryl methyl sites for hydroxylation is 1. The lowest BCUT2D eigenvalue weighted by molar-refractivity contribution is -0.167. The lowest BCUT2D eigenvalue weighted by Gasteiger charge is -2.26. The molecule has 0 aliphatic carbocycles. The van der Waals surface area contributed by atoms with Gasteiger partial charge in [0.1, 0.15) is 11.8 Å². The van der Waals surface area contributed by atoms with Crippen LogP contribution in [-0.4, -0.2) is 41.8 Å². The fourth-order valence-corrected chi connectivity index (χ4v) is 2.73. The molecule has 1 atom stereocenters. The zero-order valence-electron chi connectivity index (χ0n) is 12.0. The minimum Gasteiger partial charge on any atom is -0.496 e. The first-order valence-corrected chi connectivity index (χ1v) is 6.75. The van der Waals surface area contributed by atoms with Crippen LogP contribution in [0.5, 0.6) is 5.75 Å². The number of hydrogen-bond donors (Lipinski definition) is 0. The van der Waals surface area contributed by atoms with E-state index in [2.05, 4.69) is 4.74 Å². The summed E-state index contributed by atoms with van der Waals surface area (Å²) < 4.78 is 9.68. The molecule has 114 valence electrons. The third kappa shape index (κ3) is 1.97. The first-order valence-electron chi connectivity index (χ1n) is 6.75. The van der Waals surface area contributed by atoms with Gasteiger partial charge in [0.2, 0.25) is 0 Å². The molecular formula is C15H13NO6. The molecule has 1 unspecified atom stereocenters. The van der Waals surface area contributed by atoms with E-state index in [-0.39, 0.29) is 24.0 Å². The highest BCUT2D eigenvalue weighted by Crippen LogP contribution is 2.32. The van der Waals surface area contributed by atoms with Crippen LogP contribution in [0.3, 0.4) is 0 Å². The maximum absolute atomic E-state index is 12.5. The summed E-state index contributed by atoms with van der Waals surface area (Å²) in [5.41, 5.74) is 1.13. The third-order valence-electron chi connectivity index (χ3n) is 3.85. The Balaban J connectivity index is 2.00. The number of rotatable bonds is 2. The van der Waals surface area contributed by atoms with Crippen LogP contribution in [0.2, 0.25) is 0 Å². The first-order chi connectivity index (χ1) is 10.4. The van der Waals surface area contributed by atoms with Crippen LogP contribution in [-0.2, 0) is 14.3 Å². The molecule has 1 aromatic rings. The van der Waals surface area contributed by atoms with E-state index < -0.39 is 29.8 Å². The Bertz CT molecular complexity index is 723. The number of cyclic esters (lactones) is 2. The van der Waals surface area contributed by atoms with E-state index in [4.69, 9.17) is 4.74 Å². The molecule has 2 amide bonds. The standard InChI is InChI=1S/C15H13NO6/c1-7-5-8-9(6-11(7)21-2)14(19)16(13(8)18)10-3-4-12(17)22-15(10)20/h5-6,10H,3-4H2,1-2H3. The summed E-state index contributed by atoms with van der Waals surface area (Å²) in [5, 5.41) is 0. The van der Waals surface area contributed by atoms with Crippen molar-refractivity contribution in [3.63, 3.8) is 0 Å². The highest BCUT2D eigenvalue weighted by molar-refractivity contribution is 6.23. The van der Waals surface area contributed by atoms with E-state index in [0.29, 0.717) is 11.3 Å². The van der Waals surface area contributed by atoms with Crippen molar-refractivity contribution in [2.45, 2.75) is 25.8 Å². The van der Waals surface area contributed by atoms with Gasteiger partial charge in [0, 0.05) is 6.42 Å². The molecule has 0 bridgehead atoms. The molecule has 2 aliphatic rings. The van der Waals surface area contributed by atoms with Gasteiger partial charge in [-0.15, -0.1) is 0 Å². The molecule has 1 saturated heterocycles. The van der Waals surface area contributed by atoms with Gasteiger partial charge in [0.05, 0.1) is 18.2 Å². The van der Waals surface area contributed by atoms with Crippen LogP contribution in [0.4, 0.5) is 0 Å². The summed E-state index contributed by atoms with van der Waals surface area (Å²) in [4.78, 5) is 48.7. The highest BCUT2D eigenvalue weighted by Gasteiger charge is 2.46. The van der Waals surface area contributed by atoms with Crippen molar-refractivity contribution in [2.24, 2.45) is 0 Å². The van der Waals surface area contributed by atoms with Gasteiger partial charge in [-0.05, 0) is 31.0 Å². The van der Waals surface area contributed by atoms with E-state index in [1.54, 1.807) is 13.0 Å². The van der Waals surface area contributed by atoms with Crippen LogP contribution < -0.4 is 4.74 Å². The predicted molar refractivity (Wildman–Crippen MR) is 72.4 cm³/mol. The Hall–Kier alpha value is -2.70. The minimum atomic E-state index is -1.06. The van der Waals surface area contributed by atoms with Crippen molar-refractivity contribution in [1.82, 2.24) is 4.90 Å². The van der Waals surface area contributed by atoms with Crippen molar-refractivity contribution < 1.29 is 28.7 Å². The van der Waals surface area contributed by atoms with Crippen LogP contribution in [0.25, 0.3) is 0 Å².